The molecule has 0 aromatic heterocycles. The lowest BCUT2D eigenvalue weighted by Gasteiger charge is -2.13. The molecule has 1 aromatic rings. The summed E-state index contributed by atoms with van der Waals surface area (Å²) in [6, 6.07) is 2.29. The molecule has 106 valence electrons. The van der Waals surface area contributed by atoms with Crippen molar-refractivity contribution < 1.29 is 18.3 Å². The van der Waals surface area contributed by atoms with Gasteiger partial charge in [-0.2, -0.15) is 4.31 Å². The highest BCUT2D eigenvalue weighted by molar-refractivity contribution is 7.89. The first-order valence-corrected chi connectivity index (χ1v) is 6.48. The number of nitro benzene ring substituents is 2. The molecule has 1 rings (SSSR count). The number of non-ortho nitro benzene ring substituents is 1. The average Bonchev–Trinajstić information content (AvgIpc) is 2.38. The maximum Gasteiger partial charge on any atom is 0.296 e. The van der Waals surface area contributed by atoms with E-state index in [-0.39, 0.29) is 6.54 Å². The lowest BCUT2D eigenvalue weighted by atomic mass is 10.3. The molecule has 0 aliphatic rings. The van der Waals surface area contributed by atoms with Crippen molar-refractivity contribution >= 4 is 21.4 Å². The molecule has 9 nitrogen and oxygen atoms in total. The molecule has 0 N–H and O–H groups in total. The van der Waals surface area contributed by atoms with Crippen LogP contribution in [-0.4, -0.2) is 36.2 Å². The molecular formula is C10H9N3O6S. The van der Waals surface area contributed by atoms with Crippen LogP contribution in [0.15, 0.2) is 23.1 Å². The fourth-order valence-corrected chi connectivity index (χ4v) is 2.58. The van der Waals surface area contributed by atoms with E-state index < -0.39 is 36.1 Å². The van der Waals surface area contributed by atoms with Crippen LogP contribution in [0, 0.1) is 32.6 Å². The van der Waals surface area contributed by atoms with Gasteiger partial charge in [0.1, 0.15) is 0 Å². The van der Waals surface area contributed by atoms with Gasteiger partial charge in [0.15, 0.2) is 4.90 Å². The first-order valence-electron chi connectivity index (χ1n) is 5.04. The SMILES string of the molecule is C#CCN(C)S(=O)(=O)c1ccc([N+](=O)[O-])cc1[N+](=O)[O-]. The van der Waals surface area contributed by atoms with E-state index in [0.29, 0.717) is 6.07 Å². The minimum absolute atomic E-state index is 0.281. The van der Waals surface area contributed by atoms with Crippen molar-refractivity contribution in [2.75, 3.05) is 13.6 Å². The highest BCUT2D eigenvalue weighted by Gasteiger charge is 2.31. The van der Waals surface area contributed by atoms with Gasteiger partial charge in [-0.25, -0.2) is 8.42 Å². The molecule has 0 aliphatic heterocycles. The minimum Gasteiger partial charge on any atom is -0.258 e. The summed E-state index contributed by atoms with van der Waals surface area (Å²) in [5, 5.41) is 21.5. The fourth-order valence-electron chi connectivity index (χ4n) is 1.36. The molecule has 10 heteroatoms. The number of hydrogen-bond acceptors (Lipinski definition) is 6. The average molecular weight is 299 g/mol. The summed E-state index contributed by atoms with van der Waals surface area (Å²) in [7, 11) is -3.04. The number of rotatable bonds is 5. The van der Waals surface area contributed by atoms with Crippen LogP contribution in [0.4, 0.5) is 11.4 Å². The van der Waals surface area contributed by atoms with Crippen LogP contribution in [0.3, 0.4) is 0 Å². The normalized spacial score (nSPS) is 11.1. The van der Waals surface area contributed by atoms with Crippen LogP contribution in [0.1, 0.15) is 0 Å². The predicted molar refractivity (Wildman–Crippen MR) is 68.4 cm³/mol. The van der Waals surface area contributed by atoms with Gasteiger partial charge in [-0.1, -0.05) is 5.92 Å². The Hall–Kier alpha value is -2.51. The second-order valence-electron chi connectivity index (χ2n) is 3.63. The number of hydrogen-bond donors (Lipinski definition) is 0. The Kier molecular flexibility index (Phi) is 4.38. The third kappa shape index (κ3) is 2.90. The summed E-state index contributed by atoms with van der Waals surface area (Å²) in [6.07, 6.45) is 4.99. The molecule has 0 unspecified atom stereocenters. The standard InChI is InChI=1S/C10H9N3O6S/c1-3-6-11(2)20(18,19)10-5-4-8(12(14)15)7-9(10)13(16)17/h1,4-5,7H,6H2,2H3. The minimum atomic E-state index is -4.19. The van der Waals surface area contributed by atoms with Gasteiger partial charge in [0.05, 0.1) is 22.5 Å². The van der Waals surface area contributed by atoms with Crippen LogP contribution < -0.4 is 0 Å². The molecule has 1 aromatic carbocycles. The lowest BCUT2D eigenvalue weighted by Crippen LogP contribution is -2.27. The smallest absolute Gasteiger partial charge is 0.258 e. The predicted octanol–water partition coefficient (Wildman–Crippen LogP) is 0.757. The summed E-state index contributed by atoms with van der Waals surface area (Å²) in [5.74, 6) is 2.09. The van der Waals surface area contributed by atoms with E-state index in [2.05, 4.69) is 5.92 Å². The summed E-state index contributed by atoms with van der Waals surface area (Å²) in [4.78, 5) is 19.0. The van der Waals surface area contributed by atoms with E-state index in [1.807, 2.05) is 0 Å². The van der Waals surface area contributed by atoms with E-state index >= 15 is 0 Å². The molecule has 0 radical (unpaired) electrons. The van der Waals surface area contributed by atoms with Gasteiger partial charge in [0.25, 0.3) is 21.4 Å². The number of benzene rings is 1. The van der Waals surface area contributed by atoms with Crippen molar-refractivity contribution in [1.82, 2.24) is 4.31 Å². The molecular weight excluding hydrogens is 290 g/mol. The topological polar surface area (TPSA) is 124 Å². The van der Waals surface area contributed by atoms with Gasteiger partial charge < -0.3 is 0 Å². The number of nitrogens with zero attached hydrogens (tertiary/aromatic N) is 3. The van der Waals surface area contributed by atoms with E-state index in [1.165, 1.54) is 0 Å². The second-order valence-corrected chi connectivity index (χ2v) is 5.64. The Morgan fingerprint density at radius 1 is 1.30 bits per heavy atom. The molecule has 0 saturated heterocycles. The Balaban J connectivity index is 3.50. The molecule has 0 saturated carbocycles. The lowest BCUT2D eigenvalue weighted by molar-refractivity contribution is -0.396. The first-order chi connectivity index (χ1) is 9.21. The summed E-state index contributed by atoms with van der Waals surface area (Å²) >= 11 is 0. The van der Waals surface area contributed by atoms with Crippen molar-refractivity contribution in [2.45, 2.75) is 4.90 Å². The second kappa shape index (κ2) is 5.64. The van der Waals surface area contributed by atoms with E-state index in [9.17, 15) is 28.6 Å². The quantitative estimate of drug-likeness (QED) is 0.449. The zero-order chi connectivity index (χ0) is 15.5. The van der Waals surface area contributed by atoms with Crippen LogP contribution in [0.2, 0.25) is 0 Å². The number of terminal acetylenes is 1. The monoisotopic (exact) mass is 299 g/mol. The molecule has 0 aliphatic carbocycles. The Morgan fingerprint density at radius 2 is 1.90 bits per heavy atom. The zero-order valence-electron chi connectivity index (χ0n) is 10.2. The number of nitro groups is 2. The highest BCUT2D eigenvalue weighted by atomic mass is 32.2. The summed E-state index contributed by atoms with van der Waals surface area (Å²) < 4.78 is 24.9. The zero-order valence-corrected chi connectivity index (χ0v) is 11.0. The van der Waals surface area contributed by atoms with Crippen molar-refractivity contribution in [2.24, 2.45) is 0 Å². The van der Waals surface area contributed by atoms with Gasteiger partial charge in [-0.15, -0.1) is 6.42 Å². The largest absolute Gasteiger partial charge is 0.296 e. The van der Waals surface area contributed by atoms with Crippen molar-refractivity contribution in [3.05, 3.63) is 38.4 Å². The van der Waals surface area contributed by atoms with Crippen molar-refractivity contribution in [3.63, 3.8) is 0 Å². The summed E-state index contributed by atoms with van der Waals surface area (Å²) in [6.45, 7) is -0.281. The van der Waals surface area contributed by atoms with Gasteiger partial charge in [0.2, 0.25) is 0 Å². The maximum atomic E-state index is 12.1. The van der Waals surface area contributed by atoms with Gasteiger partial charge in [-0.05, 0) is 6.07 Å². The Morgan fingerprint density at radius 3 is 2.35 bits per heavy atom. The van der Waals surface area contributed by atoms with Crippen LogP contribution >= 0.6 is 0 Å². The number of sulfonamides is 1. The van der Waals surface area contributed by atoms with Crippen molar-refractivity contribution in [3.8, 4) is 12.3 Å². The summed E-state index contributed by atoms with van der Waals surface area (Å²) in [5.41, 5.74) is -1.45. The maximum absolute atomic E-state index is 12.1. The fraction of sp³-hybridized carbons (Fsp3) is 0.200. The molecule has 0 bridgehead atoms. The molecule has 0 spiro atoms. The van der Waals surface area contributed by atoms with E-state index in [1.54, 1.807) is 0 Å². The Bertz CT molecular complexity index is 706. The van der Waals surface area contributed by atoms with Crippen LogP contribution in [0.5, 0.6) is 0 Å². The Labute approximate surface area is 114 Å². The van der Waals surface area contributed by atoms with Crippen molar-refractivity contribution in [1.29, 1.82) is 0 Å². The third-order valence-electron chi connectivity index (χ3n) is 2.35. The van der Waals surface area contributed by atoms with Gasteiger partial charge in [0, 0.05) is 13.1 Å². The molecule has 0 heterocycles. The first kappa shape index (κ1) is 15.5. The molecule has 0 atom stereocenters. The van der Waals surface area contributed by atoms with Crippen LogP contribution in [0.25, 0.3) is 0 Å². The van der Waals surface area contributed by atoms with Gasteiger partial charge >= 0.3 is 0 Å². The molecule has 20 heavy (non-hydrogen) atoms. The third-order valence-corrected chi connectivity index (χ3v) is 4.20. The molecule has 0 amide bonds. The van der Waals surface area contributed by atoms with Gasteiger partial charge in [-0.3, -0.25) is 20.2 Å². The van der Waals surface area contributed by atoms with E-state index in [0.717, 1.165) is 23.5 Å². The molecule has 0 fully saturated rings. The van der Waals surface area contributed by atoms with E-state index in [4.69, 9.17) is 6.42 Å². The van der Waals surface area contributed by atoms with Crippen LogP contribution in [-0.2, 0) is 10.0 Å². The highest BCUT2D eigenvalue weighted by Crippen LogP contribution is 2.29.